The summed E-state index contributed by atoms with van der Waals surface area (Å²) in [6.45, 7) is 3.82. The second-order valence-corrected chi connectivity index (χ2v) is 15.9. The number of carboxylic acid groups (broad SMARTS) is 1. The molecular formula is C44H82O11. The molecule has 0 aromatic rings. The van der Waals surface area contributed by atoms with E-state index in [9.17, 15) is 34.8 Å². The van der Waals surface area contributed by atoms with Crippen molar-refractivity contribution in [3.8, 4) is 0 Å². The van der Waals surface area contributed by atoms with Crippen molar-refractivity contribution in [3.63, 3.8) is 0 Å². The summed E-state index contributed by atoms with van der Waals surface area (Å²) in [5.41, 5.74) is 0. The third kappa shape index (κ3) is 27.5. The number of aliphatic carboxylic acids is 1. The van der Waals surface area contributed by atoms with Gasteiger partial charge in [0, 0.05) is 12.8 Å². The highest BCUT2D eigenvalue weighted by molar-refractivity contribution is 5.73. The van der Waals surface area contributed by atoms with Gasteiger partial charge < -0.3 is 39.4 Å². The van der Waals surface area contributed by atoms with E-state index in [0.717, 1.165) is 38.5 Å². The standard InChI is InChI=1S/C44H82O11/c1-3-5-7-9-11-13-15-16-17-18-19-20-21-23-24-26-28-30-32-37(45)52-34-36(35-53-44-41(49)39(47)40(48)42(55-44)43(50)51)54-38(46)33-31-29-27-25-22-14-12-10-8-6-4-2/h36,39-42,44,47-49H,3-35H2,1-2H3,(H,50,51). The molecule has 0 aliphatic carbocycles. The minimum Gasteiger partial charge on any atom is -0.479 e. The van der Waals surface area contributed by atoms with Crippen LogP contribution in [0.15, 0.2) is 0 Å². The molecule has 0 spiro atoms. The number of hydrogen-bond acceptors (Lipinski definition) is 10. The summed E-state index contributed by atoms with van der Waals surface area (Å²) >= 11 is 0. The van der Waals surface area contributed by atoms with Crippen LogP contribution < -0.4 is 0 Å². The summed E-state index contributed by atoms with van der Waals surface area (Å²) in [6.07, 6.45) is 25.9. The van der Waals surface area contributed by atoms with Gasteiger partial charge in [-0.1, -0.05) is 187 Å². The number of rotatable bonds is 38. The zero-order valence-corrected chi connectivity index (χ0v) is 34.9. The van der Waals surface area contributed by atoms with E-state index in [0.29, 0.717) is 12.8 Å². The number of aliphatic hydroxyl groups is 3. The van der Waals surface area contributed by atoms with Gasteiger partial charge in [-0.3, -0.25) is 9.59 Å². The van der Waals surface area contributed by atoms with Crippen LogP contribution in [0.3, 0.4) is 0 Å². The molecular weight excluding hydrogens is 704 g/mol. The number of esters is 2. The molecule has 0 aromatic heterocycles. The van der Waals surface area contributed by atoms with Crippen LogP contribution in [-0.4, -0.2) is 88.4 Å². The fourth-order valence-corrected chi connectivity index (χ4v) is 7.12. The molecule has 0 radical (unpaired) electrons. The van der Waals surface area contributed by atoms with E-state index in [1.165, 1.54) is 135 Å². The molecule has 1 heterocycles. The molecule has 4 N–H and O–H groups in total. The first-order valence-electron chi connectivity index (χ1n) is 22.6. The van der Waals surface area contributed by atoms with E-state index in [-0.39, 0.29) is 26.1 Å². The summed E-state index contributed by atoms with van der Waals surface area (Å²) in [4.78, 5) is 36.7. The lowest BCUT2D eigenvalue weighted by atomic mass is 9.99. The maximum atomic E-state index is 12.7. The van der Waals surface area contributed by atoms with Crippen LogP contribution in [0.25, 0.3) is 0 Å². The third-order valence-corrected chi connectivity index (χ3v) is 10.7. The molecule has 1 saturated heterocycles. The number of hydrogen-bond donors (Lipinski definition) is 4. The molecule has 6 unspecified atom stereocenters. The van der Waals surface area contributed by atoms with Crippen molar-refractivity contribution in [1.29, 1.82) is 0 Å². The number of ether oxygens (including phenoxy) is 4. The van der Waals surface area contributed by atoms with Crippen LogP contribution in [0.2, 0.25) is 0 Å². The Morgan fingerprint density at radius 3 is 1.24 bits per heavy atom. The average molecular weight is 787 g/mol. The number of carbonyl (C=O) groups excluding carboxylic acids is 2. The van der Waals surface area contributed by atoms with Gasteiger partial charge in [0.05, 0.1) is 6.61 Å². The largest absolute Gasteiger partial charge is 0.479 e. The van der Waals surface area contributed by atoms with Gasteiger partial charge in [-0.05, 0) is 12.8 Å². The van der Waals surface area contributed by atoms with Gasteiger partial charge in [-0.25, -0.2) is 4.79 Å². The van der Waals surface area contributed by atoms with Crippen LogP contribution in [-0.2, 0) is 33.3 Å². The van der Waals surface area contributed by atoms with Gasteiger partial charge in [0.25, 0.3) is 0 Å². The maximum absolute atomic E-state index is 12.7. The summed E-state index contributed by atoms with van der Waals surface area (Å²) in [5.74, 6) is -2.43. The summed E-state index contributed by atoms with van der Waals surface area (Å²) < 4.78 is 21.7. The van der Waals surface area contributed by atoms with E-state index in [2.05, 4.69) is 13.8 Å². The molecule has 1 aliphatic heterocycles. The molecule has 324 valence electrons. The number of unbranched alkanes of at least 4 members (excludes halogenated alkanes) is 27. The summed E-state index contributed by atoms with van der Waals surface area (Å²) in [7, 11) is 0. The number of carbonyl (C=O) groups is 3. The first-order valence-corrected chi connectivity index (χ1v) is 22.6. The topological polar surface area (TPSA) is 169 Å². The SMILES string of the molecule is CCCCCCCCCCCCCCCCCCCCC(=O)OCC(COC1OC(C(=O)O)C(O)C(O)C1O)OC(=O)CCCCCCCCCCCCC. The van der Waals surface area contributed by atoms with Crippen molar-refractivity contribution in [2.75, 3.05) is 13.2 Å². The molecule has 0 bridgehead atoms. The van der Waals surface area contributed by atoms with Crippen molar-refractivity contribution in [1.82, 2.24) is 0 Å². The van der Waals surface area contributed by atoms with Crippen LogP contribution >= 0.6 is 0 Å². The highest BCUT2D eigenvalue weighted by Crippen LogP contribution is 2.23. The summed E-state index contributed by atoms with van der Waals surface area (Å²) in [5, 5.41) is 39.7. The fraction of sp³-hybridized carbons (Fsp3) is 0.932. The lowest BCUT2D eigenvalue weighted by molar-refractivity contribution is -0.298. The monoisotopic (exact) mass is 787 g/mol. The molecule has 1 fully saturated rings. The number of aliphatic hydroxyl groups excluding tert-OH is 3. The second-order valence-electron chi connectivity index (χ2n) is 15.9. The Balaban J connectivity index is 2.32. The lowest BCUT2D eigenvalue weighted by Crippen LogP contribution is -2.60. The van der Waals surface area contributed by atoms with Crippen molar-refractivity contribution < 1.29 is 53.8 Å². The van der Waals surface area contributed by atoms with Crippen LogP contribution in [0.5, 0.6) is 0 Å². The van der Waals surface area contributed by atoms with Crippen LogP contribution in [0.4, 0.5) is 0 Å². The molecule has 1 rings (SSSR count). The summed E-state index contributed by atoms with van der Waals surface area (Å²) in [6, 6.07) is 0. The van der Waals surface area contributed by atoms with Gasteiger partial charge in [0.2, 0.25) is 0 Å². The van der Waals surface area contributed by atoms with E-state index >= 15 is 0 Å². The third-order valence-electron chi connectivity index (χ3n) is 10.7. The van der Waals surface area contributed by atoms with Crippen molar-refractivity contribution in [2.45, 2.75) is 250 Å². The van der Waals surface area contributed by atoms with Gasteiger partial charge in [-0.2, -0.15) is 0 Å². The average Bonchev–Trinajstić information content (AvgIpc) is 3.17. The Morgan fingerprint density at radius 2 is 0.855 bits per heavy atom. The predicted molar refractivity (Wildman–Crippen MR) is 216 cm³/mol. The minimum atomic E-state index is -1.85. The Hall–Kier alpha value is -1.79. The van der Waals surface area contributed by atoms with E-state index in [1.807, 2.05) is 0 Å². The Bertz CT molecular complexity index is 931. The van der Waals surface area contributed by atoms with Gasteiger partial charge in [0.1, 0.15) is 24.9 Å². The lowest BCUT2D eigenvalue weighted by Gasteiger charge is -2.38. The molecule has 55 heavy (non-hydrogen) atoms. The van der Waals surface area contributed by atoms with Crippen LogP contribution in [0, 0.1) is 0 Å². The Morgan fingerprint density at radius 1 is 0.491 bits per heavy atom. The molecule has 1 aliphatic rings. The normalized spacial score (nSPS) is 20.3. The van der Waals surface area contributed by atoms with Crippen molar-refractivity contribution in [2.24, 2.45) is 0 Å². The zero-order chi connectivity index (χ0) is 40.4. The quantitative estimate of drug-likeness (QED) is 0.0347. The van der Waals surface area contributed by atoms with Gasteiger partial charge in [-0.15, -0.1) is 0 Å². The van der Waals surface area contributed by atoms with Gasteiger partial charge >= 0.3 is 17.9 Å². The molecule has 0 aromatic carbocycles. The van der Waals surface area contributed by atoms with Crippen molar-refractivity contribution >= 4 is 17.9 Å². The first kappa shape index (κ1) is 51.2. The molecule has 0 saturated carbocycles. The Kier molecular flexibility index (Phi) is 33.0. The van der Waals surface area contributed by atoms with Gasteiger partial charge in [0.15, 0.2) is 18.5 Å². The molecule has 0 amide bonds. The maximum Gasteiger partial charge on any atom is 0.335 e. The second kappa shape index (κ2) is 35.4. The van der Waals surface area contributed by atoms with E-state index < -0.39 is 54.7 Å². The molecule has 6 atom stereocenters. The fourth-order valence-electron chi connectivity index (χ4n) is 7.12. The van der Waals surface area contributed by atoms with Crippen LogP contribution in [0.1, 0.15) is 213 Å². The predicted octanol–water partition coefficient (Wildman–Crippen LogP) is 9.48. The Labute approximate surface area is 334 Å². The first-order chi connectivity index (χ1) is 26.7. The van der Waals surface area contributed by atoms with Crippen molar-refractivity contribution in [3.05, 3.63) is 0 Å². The zero-order valence-electron chi connectivity index (χ0n) is 34.9. The highest BCUT2D eigenvalue weighted by Gasteiger charge is 2.47. The molecule has 11 heteroatoms. The van der Waals surface area contributed by atoms with E-state index in [1.54, 1.807) is 0 Å². The smallest absolute Gasteiger partial charge is 0.335 e. The van der Waals surface area contributed by atoms with E-state index in [4.69, 9.17) is 18.9 Å². The minimum absolute atomic E-state index is 0.190. The number of carboxylic acids is 1. The molecule has 11 nitrogen and oxygen atoms in total. The highest BCUT2D eigenvalue weighted by atomic mass is 16.7.